The van der Waals surface area contributed by atoms with Gasteiger partial charge in [-0.3, -0.25) is 0 Å². The molecule has 3 nitrogen and oxygen atoms in total. The van der Waals surface area contributed by atoms with E-state index in [1.54, 1.807) is 0 Å². The lowest BCUT2D eigenvalue weighted by Gasteiger charge is -2.54. The van der Waals surface area contributed by atoms with Gasteiger partial charge in [-0.2, -0.15) is 0 Å². The predicted octanol–water partition coefficient (Wildman–Crippen LogP) is 2.08. The van der Waals surface area contributed by atoms with Crippen LogP contribution in [-0.4, -0.2) is 36.5 Å². The average Bonchev–Trinajstić information content (AvgIpc) is 3.08. The van der Waals surface area contributed by atoms with Crippen molar-refractivity contribution < 1.29 is 9.84 Å². The summed E-state index contributed by atoms with van der Waals surface area (Å²) in [6.45, 7) is 3.72. The second-order valence-corrected chi connectivity index (χ2v) is 6.49. The van der Waals surface area contributed by atoms with Gasteiger partial charge in [-0.15, -0.1) is 0 Å². The van der Waals surface area contributed by atoms with Gasteiger partial charge in [0.05, 0.1) is 12.2 Å². The Hall–Kier alpha value is -0.120. The minimum atomic E-state index is -0.116. The summed E-state index contributed by atoms with van der Waals surface area (Å²) in [6, 6.07) is 0.588. The van der Waals surface area contributed by atoms with Gasteiger partial charge in [-0.1, -0.05) is 12.8 Å². The van der Waals surface area contributed by atoms with Crippen LogP contribution >= 0.6 is 0 Å². The fraction of sp³-hybridized carbons (Fsp3) is 1.00. The SMILES string of the molecule is CCOC1CC(NCC(O)C2CC2)C12CCCC2. The number of rotatable bonds is 6. The lowest BCUT2D eigenvalue weighted by molar-refractivity contribution is -0.131. The smallest absolute Gasteiger partial charge is 0.0692 e. The first kappa shape index (κ1) is 12.9. The van der Waals surface area contributed by atoms with Gasteiger partial charge in [0.2, 0.25) is 0 Å². The van der Waals surface area contributed by atoms with Crippen LogP contribution in [0.2, 0.25) is 0 Å². The van der Waals surface area contributed by atoms with Crippen molar-refractivity contribution in [3.05, 3.63) is 0 Å². The molecule has 3 heteroatoms. The molecule has 3 aliphatic rings. The molecule has 3 atom stereocenters. The minimum Gasteiger partial charge on any atom is -0.392 e. The van der Waals surface area contributed by atoms with Crippen LogP contribution in [0.15, 0.2) is 0 Å². The Labute approximate surface area is 110 Å². The Morgan fingerprint density at radius 2 is 2.06 bits per heavy atom. The molecular weight excluding hydrogens is 226 g/mol. The van der Waals surface area contributed by atoms with E-state index in [-0.39, 0.29) is 6.10 Å². The molecule has 0 amide bonds. The van der Waals surface area contributed by atoms with Crippen LogP contribution in [0, 0.1) is 11.3 Å². The lowest BCUT2D eigenvalue weighted by atomic mass is 9.60. The summed E-state index contributed by atoms with van der Waals surface area (Å²) in [5, 5.41) is 13.6. The van der Waals surface area contributed by atoms with E-state index in [0.29, 0.717) is 23.5 Å². The van der Waals surface area contributed by atoms with E-state index in [1.165, 1.54) is 38.5 Å². The molecule has 2 N–H and O–H groups in total. The molecule has 1 spiro atoms. The van der Waals surface area contributed by atoms with Crippen LogP contribution in [-0.2, 0) is 4.74 Å². The summed E-state index contributed by atoms with van der Waals surface area (Å²) in [6.07, 6.45) is 9.28. The van der Waals surface area contributed by atoms with E-state index < -0.39 is 0 Å². The van der Waals surface area contributed by atoms with E-state index in [4.69, 9.17) is 4.74 Å². The van der Waals surface area contributed by atoms with E-state index in [0.717, 1.165) is 19.6 Å². The fourth-order valence-corrected chi connectivity index (χ4v) is 4.08. The maximum atomic E-state index is 9.96. The van der Waals surface area contributed by atoms with Gasteiger partial charge in [0.15, 0.2) is 0 Å². The van der Waals surface area contributed by atoms with Crippen molar-refractivity contribution in [2.75, 3.05) is 13.2 Å². The lowest BCUT2D eigenvalue weighted by Crippen LogP contribution is -2.63. The highest BCUT2D eigenvalue weighted by Gasteiger charge is 2.56. The Kier molecular flexibility index (Phi) is 3.65. The Balaban J connectivity index is 1.52. The summed E-state index contributed by atoms with van der Waals surface area (Å²) in [4.78, 5) is 0. The summed E-state index contributed by atoms with van der Waals surface area (Å²) >= 11 is 0. The van der Waals surface area contributed by atoms with Gasteiger partial charge in [0.1, 0.15) is 0 Å². The molecule has 0 aliphatic heterocycles. The van der Waals surface area contributed by atoms with Crippen molar-refractivity contribution >= 4 is 0 Å². The molecule has 0 radical (unpaired) electrons. The Morgan fingerprint density at radius 3 is 2.67 bits per heavy atom. The largest absolute Gasteiger partial charge is 0.392 e. The number of hydrogen-bond donors (Lipinski definition) is 2. The zero-order chi connectivity index (χ0) is 12.6. The van der Waals surface area contributed by atoms with Crippen molar-refractivity contribution in [3.8, 4) is 0 Å². The van der Waals surface area contributed by atoms with Crippen LogP contribution < -0.4 is 5.32 Å². The van der Waals surface area contributed by atoms with Gasteiger partial charge >= 0.3 is 0 Å². The first-order valence-electron chi connectivity index (χ1n) is 7.79. The quantitative estimate of drug-likeness (QED) is 0.761. The highest BCUT2D eigenvalue weighted by atomic mass is 16.5. The van der Waals surface area contributed by atoms with Crippen molar-refractivity contribution in [2.45, 2.75) is 70.1 Å². The molecule has 0 saturated heterocycles. The topological polar surface area (TPSA) is 41.5 Å². The molecule has 0 aromatic heterocycles. The van der Waals surface area contributed by atoms with E-state index in [1.807, 2.05) is 0 Å². The molecule has 0 aromatic carbocycles. The van der Waals surface area contributed by atoms with E-state index in [9.17, 15) is 5.11 Å². The first-order valence-corrected chi connectivity index (χ1v) is 7.79. The molecule has 104 valence electrons. The predicted molar refractivity (Wildman–Crippen MR) is 71.5 cm³/mol. The van der Waals surface area contributed by atoms with Crippen LogP contribution in [0.1, 0.15) is 51.9 Å². The third kappa shape index (κ3) is 2.21. The van der Waals surface area contributed by atoms with E-state index in [2.05, 4.69) is 12.2 Å². The van der Waals surface area contributed by atoms with Crippen LogP contribution in [0.3, 0.4) is 0 Å². The van der Waals surface area contributed by atoms with Crippen molar-refractivity contribution in [3.63, 3.8) is 0 Å². The monoisotopic (exact) mass is 253 g/mol. The summed E-state index contributed by atoms with van der Waals surface area (Å²) in [5.74, 6) is 0.583. The van der Waals surface area contributed by atoms with Gasteiger partial charge in [0, 0.05) is 24.6 Å². The molecule has 3 fully saturated rings. The second kappa shape index (κ2) is 5.10. The van der Waals surface area contributed by atoms with Crippen molar-refractivity contribution in [1.29, 1.82) is 0 Å². The van der Waals surface area contributed by atoms with Gasteiger partial charge in [0.25, 0.3) is 0 Å². The van der Waals surface area contributed by atoms with Crippen molar-refractivity contribution in [2.24, 2.45) is 11.3 Å². The summed E-state index contributed by atoms with van der Waals surface area (Å²) < 4.78 is 5.91. The summed E-state index contributed by atoms with van der Waals surface area (Å²) in [5.41, 5.74) is 0.402. The van der Waals surface area contributed by atoms with Gasteiger partial charge in [-0.25, -0.2) is 0 Å². The molecule has 18 heavy (non-hydrogen) atoms. The molecular formula is C15H27NO2. The third-order valence-electron chi connectivity index (χ3n) is 5.43. The van der Waals surface area contributed by atoms with Gasteiger partial charge in [-0.05, 0) is 44.9 Å². The normalized spacial score (nSPS) is 35.7. The maximum absolute atomic E-state index is 9.96. The molecule has 0 bridgehead atoms. The maximum Gasteiger partial charge on any atom is 0.0692 e. The summed E-state index contributed by atoms with van der Waals surface area (Å²) in [7, 11) is 0. The minimum absolute atomic E-state index is 0.116. The standard InChI is InChI=1S/C15H27NO2/c1-2-18-14-9-13(15(14)7-3-4-8-15)16-10-12(17)11-5-6-11/h11-14,16-17H,2-10H2,1H3. The number of nitrogens with one attached hydrogen (secondary N) is 1. The molecule has 3 saturated carbocycles. The van der Waals surface area contributed by atoms with Crippen LogP contribution in [0.4, 0.5) is 0 Å². The number of aliphatic hydroxyl groups excluding tert-OH is 1. The zero-order valence-corrected chi connectivity index (χ0v) is 11.5. The van der Waals surface area contributed by atoms with Crippen molar-refractivity contribution in [1.82, 2.24) is 5.32 Å². The molecule has 0 aromatic rings. The Bertz CT molecular complexity index is 284. The average molecular weight is 253 g/mol. The van der Waals surface area contributed by atoms with E-state index >= 15 is 0 Å². The molecule has 3 aliphatic carbocycles. The molecule has 0 heterocycles. The highest BCUT2D eigenvalue weighted by Crippen LogP contribution is 2.54. The number of ether oxygens (including phenoxy) is 1. The molecule has 3 unspecified atom stereocenters. The van der Waals surface area contributed by atoms with Crippen LogP contribution in [0.5, 0.6) is 0 Å². The van der Waals surface area contributed by atoms with Gasteiger partial charge < -0.3 is 15.2 Å². The second-order valence-electron chi connectivity index (χ2n) is 6.49. The fourth-order valence-electron chi connectivity index (χ4n) is 4.08. The first-order chi connectivity index (χ1) is 8.76. The number of hydrogen-bond acceptors (Lipinski definition) is 3. The zero-order valence-electron chi connectivity index (χ0n) is 11.5. The highest BCUT2D eigenvalue weighted by molar-refractivity contribution is 5.10. The molecule has 3 rings (SSSR count). The Morgan fingerprint density at radius 1 is 1.33 bits per heavy atom. The van der Waals surface area contributed by atoms with Crippen LogP contribution in [0.25, 0.3) is 0 Å². The third-order valence-corrected chi connectivity index (χ3v) is 5.43. The number of aliphatic hydroxyl groups is 1.